The van der Waals surface area contributed by atoms with Crippen LogP contribution >= 0.6 is 11.6 Å². The number of rotatable bonds is 4. The molecule has 0 saturated carbocycles. The van der Waals surface area contributed by atoms with Crippen molar-refractivity contribution < 1.29 is 9.63 Å². The van der Waals surface area contributed by atoms with E-state index >= 15 is 0 Å². The molecule has 0 aliphatic rings. The second-order valence-electron chi connectivity index (χ2n) is 4.03. The first kappa shape index (κ1) is 12.9. The van der Waals surface area contributed by atoms with Gasteiger partial charge in [0, 0.05) is 30.4 Å². The highest BCUT2D eigenvalue weighted by Gasteiger charge is 2.20. The Labute approximate surface area is 110 Å². The summed E-state index contributed by atoms with van der Waals surface area (Å²) in [7, 11) is 1.44. The van der Waals surface area contributed by atoms with Gasteiger partial charge >= 0.3 is 0 Å². The van der Waals surface area contributed by atoms with Crippen molar-refractivity contribution in [1.82, 2.24) is 10.0 Å². The zero-order chi connectivity index (χ0) is 13.1. The van der Waals surface area contributed by atoms with Crippen LogP contribution in [0.25, 0.3) is 10.9 Å². The van der Waals surface area contributed by atoms with Gasteiger partial charge in [-0.3, -0.25) is 9.63 Å². The van der Waals surface area contributed by atoms with Gasteiger partial charge in [-0.15, -0.1) is 0 Å². The van der Waals surface area contributed by atoms with Gasteiger partial charge in [0.2, 0.25) is 5.91 Å². The number of H-pyrrole nitrogens is 1. The van der Waals surface area contributed by atoms with Crippen LogP contribution in [0.1, 0.15) is 12.5 Å². The van der Waals surface area contributed by atoms with E-state index in [4.69, 9.17) is 16.4 Å². The summed E-state index contributed by atoms with van der Waals surface area (Å²) in [5.74, 6) is -0.211. The molecule has 1 amide bonds. The molecule has 0 radical (unpaired) electrons. The first-order valence-corrected chi connectivity index (χ1v) is 6.10. The van der Waals surface area contributed by atoms with Crippen LogP contribution in [0.3, 0.4) is 0 Å². The van der Waals surface area contributed by atoms with E-state index in [0.29, 0.717) is 6.42 Å². The number of aromatic amines is 1. The molecule has 1 unspecified atom stereocenters. The molecule has 2 rings (SSSR count). The molecule has 1 heterocycles. The van der Waals surface area contributed by atoms with Gasteiger partial charge < -0.3 is 4.98 Å². The minimum absolute atomic E-state index is 0.211. The maximum absolute atomic E-state index is 11.3. The molecule has 0 aliphatic heterocycles. The van der Waals surface area contributed by atoms with Crippen molar-refractivity contribution in [2.75, 3.05) is 7.11 Å². The van der Waals surface area contributed by atoms with E-state index in [9.17, 15) is 4.79 Å². The normalized spacial score (nSPS) is 12.6. The Hall–Kier alpha value is -1.52. The summed E-state index contributed by atoms with van der Waals surface area (Å²) in [6.45, 7) is 1.42. The number of benzene rings is 1. The predicted octanol–water partition coefficient (Wildman–Crippen LogP) is 2.69. The van der Waals surface area contributed by atoms with Crippen molar-refractivity contribution in [3.8, 4) is 0 Å². The van der Waals surface area contributed by atoms with Crippen molar-refractivity contribution in [1.29, 1.82) is 0 Å². The molecule has 0 fully saturated rings. The van der Waals surface area contributed by atoms with Crippen molar-refractivity contribution in [2.24, 2.45) is 0 Å². The number of carbonyl (C=O) groups is 1. The summed E-state index contributed by atoms with van der Waals surface area (Å²) in [5, 5.41) is 2.28. The third-order valence-electron chi connectivity index (χ3n) is 2.82. The zero-order valence-corrected chi connectivity index (χ0v) is 11.1. The predicted molar refractivity (Wildman–Crippen MR) is 71.2 cm³/mol. The summed E-state index contributed by atoms with van der Waals surface area (Å²) in [5.41, 5.74) is 1.60. The Balaban J connectivity index is 2.21. The molecule has 0 spiro atoms. The molecular formula is C13H15ClN2O2. The van der Waals surface area contributed by atoms with Crippen LogP contribution in [0.5, 0.6) is 0 Å². The molecule has 0 aliphatic carbocycles. The van der Waals surface area contributed by atoms with Crippen LogP contribution in [0.4, 0.5) is 0 Å². The fraction of sp³-hybridized carbons (Fsp3) is 0.308. The van der Waals surface area contributed by atoms with Crippen molar-refractivity contribution >= 4 is 28.4 Å². The maximum Gasteiger partial charge on any atom is 0.244 e. The molecule has 96 valence electrons. The Kier molecular flexibility index (Phi) is 3.89. The van der Waals surface area contributed by atoms with Crippen LogP contribution in [-0.4, -0.2) is 28.6 Å². The first-order valence-electron chi connectivity index (χ1n) is 5.66. The number of halogens is 1. The van der Waals surface area contributed by atoms with Gasteiger partial charge in [-0.1, -0.05) is 29.8 Å². The molecule has 18 heavy (non-hydrogen) atoms. The molecule has 2 aromatic rings. The Morgan fingerprint density at radius 3 is 2.89 bits per heavy atom. The molecule has 4 nitrogen and oxygen atoms in total. The summed E-state index contributed by atoms with van der Waals surface area (Å²) in [6.07, 6.45) is 2.44. The molecule has 0 bridgehead atoms. The van der Waals surface area contributed by atoms with Crippen LogP contribution < -0.4 is 0 Å². The number of nitrogens with zero attached hydrogens (tertiary/aromatic N) is 1. The van der Waals surface area contributed by atoms with Gasteiger partial charge in [-0.05, 0) is 11.6 Å². The third kappa shape index (κ3) is 2.49. The van der Waals surface area contributed by atoms with E-state index in [-0.39, 0.29) is 5.91 Å². The average Bonchev–Trinajstić information content (AvgIpc) is 2.73. The van der Waals surface area contributed by atoms with Gasteiger partial charge in [0.1, 0.15) is 5.50 Å². The third-order valence-corrected chi connectivity index (χ3v) is 3.16. The van der Waals surface area contributed by atoms with Gasteiger partial charge in [-0.25, -0.2) is 5.06 Å². The smallest absolute Gasteiger partial charge is 0.244 e. The second kappa shape index (κ2) is 5.42. The number of aromatic nitrogens is 1. The van der Waals surface area contributed by atoms with Crippen molar-refractivity contribution in [3.05, 3.63) is 36.0 Å². The standard InChI is InChI=1S/C13H15ClN2O2/c1-9(17)16(18-2)13(14)7-10-8-15-12-6-4-3-5-11(10)12/h3-6,8,13,15H,7H2,1-2H3. The SMILES string of the molecule is CON(C(C)=O)C(Cl)Cc1c[nH]c2ccccc12. The van der Waals surface area contributed by atoms with E-state index in [1.807, 2.05) is 30.5 Å². The highest BCUT2D eigenvalue weighted by molar-refractivity contribution is 6.21. The summed E-state index contributed by atoms with van der Waals surface area (Å²) in [6, 6.07) is 7.97. The number of nitrogens with one attached hydrogen (secondary N) is 1. The number of fused-ring (bicyclic) bond motifs is 1. The van der Waals surface area contributed by atoms with E-state index < -0.39 is 5.50 Å². The number of amides is 1. The minimum Gasteiger partial charge on any atom is -0.361 e. The monoisotopic (exact) mass is 266 g/mol. The van der Waals surface area contributed by atoms with E-state index in [1.165, 1.54) is 19.1 Å². The highest BCUT2D eigenvalue weighted by Crippen LogP contribution is 2.21. The molecule has 1 N–H and O–H groups in total. The number of para-hydroxylation sites is 1. The van der Waals surface area contributed by atoms with Crippen LogP contribution in [0, 0.1) is 0 Å². The Morgan fingerprint density at radius 2 is 2.22 bits per heavy atom. The lowest BCUT2D eigenvalue weighted by molar-refractivity contribution is -0.177. The maximum atomic E-state index is 11.3. The lowest BCUT2D eigenvalue weighted by Crippen LogP contribution is -2.35. The average molecular weight is 267 g/mol. The molecule has 1 aromatic carbocycles. The summed E-state index contributed by atoms with van der Waals surface area (Å²) < 4.78 is 0. The van der Waals surface area contributed by atoms with E-state index in [2.05, 4.69) is 4.98 Å². The molecule has 5 heteroatoms. The second-order valence-corrected chi connectivity index (χ2v) is 4.53. The summed E-state index contributed by atoms with van der Waals surface area (Å²) in [4.78, 5) is 19.5. The fourth-order valence-electron chi connectivity index (χ4n) is 2.01. The van der Waals surface area contributed by atoms with Gasteiger partial charge in [0.25, 0.3) is 0 Å². The number of hydroxylamine groups is 2. The summed E-state index contributed by atoms with van der Waals surface area (Å²) >= 11 is 6.20. The molecular weight excluding hydrogens is 252 g/mol. The van der Waals surface area contributed by atoms with Crippen LogP contribution in [0.2, 0.25) is 0 Å². The van der Waals surface area contributed by atoms with Gasteiger partial charge in [0.15, 0.2) is 0 Å². The quantitative estimate of drug-likeness (QED) is 0.525. The van der Waals surface area contributed by atoms with Gasteiger partial charge in [0.05, 0.1) is 7.11 Å². The van der Waals surface area contributed by atoms with E-state index in [0.717, 1.165) is 16.5 Å². The van der Waals surface area contributed by atoms with Crippen LogP contribution in [0.15, 0.2) is 30.5 Å². The Bertz CT molecular complexity index is 553. The highest BCUT2D eigenvalue weighted by atomic mass is 35.5. The van der Waals surface area contributed by atoms with Crippen molar-refractivity contribution in [2.45, 2.75) is 18.8 Å². The molecule has 1 aromatic heterocycles. The molecule has 0 saturated heterocycles. The fourth-order valence-corrected chi connectivity index (χ4v) is 2.39. The van der Waals surface area contributed by atoms with Crippen LogP contribution in [-0.2, 0) is 16.1 Å². The zero-order valence-electron chi connectivity index (χ0n) is 10.3. The number of carbonyl (C=O) groups excluding carboxylic acids is 1. The number of alkyl halides is 1. The lowest BCUT2D eigenvalue weighted by atomic mass is 10.1. The topological polar surface area (TPSA) is 45.3 Å². The van der Waals surface area contributed by atoms with Crippen molar-refractivity contribution in [3.63, 3.8) is 0 Å². The van der Waals surface area contributed by atoms with E-state index in [1.54, 1.807) is 0 Å². The minimum atomic E-state index is -0.522. The first-order chi connectivity index (χ1) is 8.63. The van der Waals surface area contributed by atoms with Gasteiger partial charge in [-0.2, -0.15) is 0 Å². The lowest BCUT2D eigenvalue weighted by Gasteiger charge is -2.23. The largest absolute Gasteiger partial charge is 0.361 e. The Morgan fingerprint density at radius 1 is 1.50 bits per heavy atom. The molecule has 1 atom stereocenters. The number of hydrogen-bond acceptors (Lipinski definition) is 2. The number of hydrogen-bond donors (Lipinski definition) is 1.